The third kappa shape index (κ3) is 4.33. The molecule has 0 aliphatic rings. The fourth-order valence-electron chi connectivity index (χ4n) is 1.00. The van der Waals surface area contributed by atoms with Gasteiger partial charge in [0, 0.05) is 0 Å². The summed E-state index contributed by atoms with van der Waals surface area (Å²) >= 11 is 4.94. The highest BCUT2D eigenvalue weighted by Crippen LogP contribution is 2.05. The maximum atomic E-state index is 11.2. The Morgan fingerprint density at radius 1 is 1.53 bits per heavy atom. The van der Waals surface area contributed by atoms with E-state index in [4.69, 9.17) is 17.1 Å². The van der Waals surface area contributed by atoms with E-state index in [1.54, 1.807) is 18.2 Å². The van der Waals surface area contributed by atoms with Gasteiger partial charge < -0.3 is 10.1 Å². The second-order valence-electron chi connectivity index (χ2n) is 2.89. The minimum absolute atomic E-state index is 0.205. The van der Waals surface area contributed by atoms with Crippen LogP contribution < -0.4 is 10.8 Å². The first-order valence-corrected chi connectivity index (χ1v) is 5.32. The number of ether oxygens (including phenoxy) is 1. The van der Waals surface area contributed by atoms with Gasteiger partial charge in [-0.1, -0.05) is 6.07 Å². The van der Waals surface area contributed by atoms with Crippen LogP contribution in [0.1, 0.15) is 17.4 Å². The van der Waals surface area contributed by atoms with Gasteiger partial charge in [0.25, 0.3) is 0 Å². The SMILES string of the molecule is CCONC(=S)Nc1cccc(C(=O)OC)n1. The predicted molar refractivity (Wildman–Crippen MR) is 66.6 cm³/mol. The maximum Gasteiger partial charge on any atom is 0.356 e. The Balaban J connectivity index is 2.65. The van der Waals surface area contributed by atoms with Gasteiger partial charge in [0.05, 0.1) is 13.7 Å². The smallest absolute Gasteiger partial charge is 0.356 e. The van der Waals surface area contributed by atoms with Gasteiger partial charge in [0.1, 0.15) is 5.82 Å². The number of thiocarbonyl (C=S) groups is 1. The summed E-state index contributed by atoms with van der Waals surface area (Å²) in [6.45, 7) is 2.31. The minimum atomic E-state index is -0.502. The summed E-state index contributed by atoms with van der Waals surface area (Å²) in [7, 11) is 1.30. The van der Waals surface area contributed by atoms with Crippen molar-refractivity contribution < 1.29 is 14.4 Å². The second kappa shape index (κ2) is 6.77. The van der Waals surface area contributed by atoms with Crippen LogP contribution in [0.4, 0.5) is 5.82 Å². The lowest BCUT2D eigenvalue weighted by atomic mass is 10.3. The molecule has 0 radical (unpaired) electrons. The molecule has 0 fully saturated rings. The molecule has 92 valence electrons. The molecule has 0 atom stereocenters. The van der Waals surface area contributed by atoms with E-state index in [-0.39, 0.29) is 10.8 Å². The van der Waals surface area contributed by atoms with Crippen LogP contribution in [0.15, 0.2) is 18.2 Å². The lowest BCUT2D eigenvalue weighted by Gasteiger charge is -2.09. The van der Waals surface area contributed by atoms with Gasteiger partial charge in [-0.25, -0.2) is 15.3 Å². The fraction of sp³-hybridized carbons (Fsp3) is 0.300. The number of aromatic nitrogens is 1. The molecule has 17 heavy (non-hydrogen) atoms. The van der Waals surface area contributed by atoms with Gasteiger partial charge in [-0.2, -0.15) is 0 Å². The topological polar surface area (TPSA) is 72.5 Å². The molecule has 0 amide bonds. The number of hydrogen-bond acceptors (Lipinski definition) is 5. The molecule has 0 spiro atoms. The standard InChI is InChI=1S/C10H13N3O3S/c1-3-16-13-10(17)12-8-6-4-5-7(11-8)9(14)15-2/h4-6H,3H2,1-2H3,(H2,11,12,13,17). The van der Waals surface area contributed by atoms with Crippen LogP contribution in [0.3, 0.4) is 0 Å². The number of methoxy groups -OCH3 is 1. The van der Waals surface area contributed by atoms with Gasteiger partial charge in [-0.3, -0.25) is 4.84 Å². The number of hydroxylamine groups is 1. The largest absolute Gasteiger partial charge is 0.464 e. The zero-order valence-corrected chi connectivity index (χ0v) is 10.3. The quantitative estimate of drug-likeness (QED) is 0.474. The van der Waals surface area contributed by atoms with E-state index in [1.165, 1.54) is 7.11 Å². The Morgan fingerprint density at radius 2 is 2.29 bits per heavy atom. The molecular weight excluding hydrogens is 242 g/mol. The highest BCUT2D eigenvalue weighted by atomic mass is 32.1. The van der Waals surface area contributed by atoms with E-state index in [0.29, 0.717) is 12.4 Å². The van der Waals surface area contributed by atoms with Crippen molar-refractivity contribution in [2.75, 3.05) is 19.0 Å². The number of nitrogens with one attached hydrogen (secondary N) is 2. The summed E-state index contributed by atoms with van der Waals surface area (Å²) in [4.78, 5) is 20.2. The number of nitrogens with zero attached hydrogens (tertiary/aromatic N) is 1. The van der Waals surface area contributed by atoms with E-state index >= 15 is 0 Å². The first-order valence-electron chi connectivity index (χ1n) is 4.91. The molecule has 0 unspecified atom stereocenters. The first kappa shape index (κ1) is 13.3. The van der Waals surface area contributed by atoms with Crippen molar-refractivity contribution in [1.29, 1.82) is 0 Å². The Hall–Kier alpha value is -1.73. The zero-order chi connectivity index (χ0) is 12.7. The molecule has 1 aromatic heterocycles. The van der Waals surface area contributed by atoms with Crippen LogP contribution in [-0.2, 0) is 9.57 Å². The van der Waals surface area contributed by atoms with Crippen molar-refractivity contribution in [1.82, 2.24) is 10.5 Å². The molecule has 1 aromatic rings. The molecule has 6 nitrogen and oxygen atoms in total. The second-order valence-corrected chi connectivity index (χ2v) is 3.30. The van der Waals surface area contributed by atoms with Gasteiger partial charge in [-0.15, -0.1) is 0 Å². The summed E-state index contributed by atoms with van der Waals surface area (Å²) in [5.74, 6) is -0.0672. The Morgan fingerprint density at radius 3 is 2.94 bits per heavy atom. The van der Waals surface area contributed by atoms with Gasteiger partial charge in [0.15, 0.2) is 10.8 Å². The lowest BCUT2D eigenvalue weighted by Crippen LogP contribution is -2.29. The van der Waals surface area contributed by atoms with E-state index in [2.05, 4.69) is 20.5 Å². The van der Waals surface area contributed by atoms with Crippen molar-refractivity contribution >= 4 is 29.1 Å². The maximum absolute atomic E-state index is 11.2. The molecule has 0 aliphatic carbocycles. The van der Waals surface area contributed by atoms with Crippen molar-refractivity contribution in [2.24, 2.45) is 0 Å². The van der Waals surface area contributed by atoms with Crippen molar-refractivity contribution in [3.05, 3.63) is 23.9 Å². The summed E-state index contributed by atoms with van der Waals surface area (Å²) < 4.78 is 4.56. The predicted octanol–water partition coefficient (Wildman–Crippen LogP) is 1.11. The Bertz CT molecular complexity index is 412. The molecule has 7 heteroatoms. The van der Waals surface area contributed by atoms with Crippen LogP contribution >= 0.6 is 12.2 Å². The van der Waals surface area contributed by atoms with Crippen molar-refractivity contribution in [3.63, 3.8) is 0 Å². The number of esters is 1. The first-order chi connectivity index (χ1) is 8.17. The third-order valence-corrected chi connectivity index (χ3v) is 1.88. The zero-order valence-electron chi connectivity index (χ0n) is 9.52. The molecule has 1 rings (SSSR count). The molecule has 0 saturated carbocycles. The molecule has 0 bridgehead atoms. The fourth-order valence-corrected chi connectivity index (χ4v) is 1.17. The normalized spacial score (nSPS) is 9.53. The lowest BCUT2D eigenvalue weighted by molar-refractivity contribution is 0.0594. The van der Waals surface area contributed by atoms with Crippen LogP contribution in [0, 0.1) is 0 Å². The number of hydrogen-bond donors (Lipinski definition) is 2. The molecule has 2 N–H and O–H groups in total. The molecule has 0 saturated heterocycles. The molecular formula is C10H13N3O3S. The number of anilines is 1. The summed E-state index contributed by atoms with van der Waals surface area (Å²) in [6.07, 6.45) is 0. The highest BCUT2D eigenvalue weighted by Gasteiger charge is 2.07. The van der Waals surface area contributed by atoms with Crippen LogP contribution in [0.5, 0.6) is 0 Å². The summed E-state index contributed by atoms with van der Waals surface area (Å²) in [5, 5.41) is 3.04. The average Bonchev–Trinajstić information content (AvgIpc) is 2.35. The Kier molecular flexibility index (Phi) is 5.31. The van der Waals surface area contributed by atoms with Gasteiger partial charge >= 0.3 is 5.97 Å². The van der Waals surface area contributed by atoms with Crippen LogP contribution in [0.25, 0.3) is 0 Å². The van der Waals surface area contributed by atoms with E-state index in [0.717, 1.165) is 0 Å². The number of carbonyl (C=O) groups excluding carboxylic acids is 1. The minimum Gasteiger partial charge on any atom is -0.464 e. The third-order valence-electron chi connectivity index (χ3n) is 1.69. The number of carbonyl (C=O) groups is 1. The monoisotopic (exact) mass is 255 g/mol. The van der Waals surface area contributed by atoms with E-state index in [1.807, 2.05) is 6.92 Å². The highest BCUT2D eigenvalue weighted by molar-refractivity contribution is 7.80. The molecule has 0 aromatic carbocycles. The molecule has 0 aliphatic heterocycles. The van der Waals surface area contributed by atoms with E-state index < -0.39 is 5.97 Å². The molecule has 1 heterocycles. The van der Waals surface area contributed by atoms with E-state index in [9.17, 15) is 4.79 Å². The number of rotatable bonds is 4. The average molecular weight is 255 g/mol. The number of pyridine rings is 1. The van der Waals surface area contributed by atoms with Gasteiger partial charge in [0.2, 0.25) is 0 Å². The van der Waals surface area contributed by atoms with Crippen molar-refractivity contribution in [3.8, 4) is 0 Å². The Labute approximate surface area is 104 Å². The van der Waals surface area contributed by atoms with Crippen LogP contribution in [0.2, 0.25) is 0 Å². The van der Waals surface area contributed by atoms with Crippen molar-refractivity contribution in [2.45, 2.75) is 6.92 Å². The van der Waals surface area contributed by atoms with Gasteiger partial charge in [-0.05, 0) is 31.3 Å². The summed E-state index contributed by atoms with van der Waals surface area (Å²) in [5.41, 5.74) is 2.71. The van der Waals surface area contributed by atoms with Crippen LogP contribution in [-0.4, -0.2) is 29.8 Å². The summed E-state index contributed by atoms with van der Waals surface area (Å²) in [6, 6.07) is 4.90.